The number of likely N-dealkylation sites (tertiary alicyclic amines) is 1. The Labute approximate surface area is 164 Å². The lowest BCUT2D eigenvalue weighted by molar-refractivity contribution is 0.128. The lowest BCUT2D eigenvalue weighted by Gasteiger charge is -2.28. The third-order valence-corrected chi connectivity index (χ3v) is 6.02. The average molecular weight is 373 g/mol. The summed E-state index contributed by atoms with van der Waals surface area (Å²) in [5, 5.41) is 0. The molecule has 3 rings (SSSR count). The molecule has 0 aliphatic carbocycles. The van der Waals surface area contributed by atoms with Crippen molar-refractivity contribution in [2.24, 2.45) is 0 Å². The third kappa shape index (κ3) is 5.71. The van der Waals surface area contributed by atoms with Gasteiger partial charge in [0, 0.05) is 6.54 Å². The van der Waals surface area contributed by atoms with Crippen LogP contribution in [0.15, 0.2) is 30.3 Å². The Kier molecular flexibility index (Phi) is 8.00. The fourth-order valence-electron chi connectivity index (χ4n) is 4.48. The van der Waals surface area contributed by atoms with Crippen LogP contribution in [0.4, 0.5) is 4.79 Å². The normalized spacial score (nSPS) is 23.6. The van der Waals surface area contributed by atoms with Gasteiger partial charge in [-0.3, -0.25) is 0 Å². The molecule has 0 spiro atoms. The quantitative estimate of drug-likeness (QED) is 0.516. The van der Waals surface area contributed by atoms with E-state index in [0.717, 1.165) is 31.5 Å². The van der Waals surface area contributed by atoms with E-state index in [-0.39, 0.29) is 18.2 Å². The van der Waals surface area contributed by atoms with Crippen LogP contribution in [0.1, 0.15) is 76.4 Å². The maximum atomic E-state index is 12.6. The highest BCUT2D eigenvalue weighted by molar-refractivity contribution is 5.71. The minimum atomic E-state index is -0.122. The van der Waals surface area contributed by atoms with Gasteiger partial charge < -0.3 is 14.5 Å². The van der Waals surface area contributed by atoms with E-state index in [1.54, 1.807) is 0 Å². The second-order valence-electron chi connectivity index (χ2n) is 8.08. The van der Waals surface area contributed by atoms with Crippen molar-refractivity contribution in [2.75, 3.05) is 26.2 Å². The Bertz CT molecular complexity index is 557. The minimum Gasteiger partial charge on any atom is -0.439 e. The summed E-state index contributed by atoms with van der Waals surface area (Å²) in [5.41, 5.74) is 1.13. The van der Waals surface area contributed by atoms with E-state index in [1.165, 1.54) is 58.0 Å². The SMILES string of the molecule is CCCCCC[C@H]1[C@H](c2ccccc2)OC(=O)N1CCCN1CCCCC1. The first-order valence-electron chi connectivity index (χ1n) is 11.0. The molecule has 2 atom stereocenters. The molecule has 2 saturated heterocycles. The van der Waals surface area contributed by atoms with Gasteiger partial charge in [-0.2, -0.15) is 0 Å². The number of unbranched alkanes of at least 4 members (excludes halogenated alkanes) is 3. The first-order valence-corrected chi connectivity index (χ1v) is 11.0. The van der Waals surface area contributed by atoms with Crippen molar-refractivity contribution in [1.82, 2.24) is 9.80 Å². The van der Waals surface area contributed by atoms with Crippen LogP contribution in [0.5, 0.6) is 0 Å². The zero-order chi connectivity index (χ0) is 18.9. The number of piperidine rings is 1. The molecule has 0 unspecified atom stereocenters. The van der Waals surface area contributed by atoms with Gasteiger partial charge in [-0.25, -0.2) is 4.79 Å². The van der Waals surface area contributed by atoms with Crippen LogP contribution in [0.2, 0.25) is 0 Å². The number of carbonyl (C=O) groups is 1. The second-order valence-corrected chi connectivity index (χ2v) is 8.08. The molecule has 27 heavy (non-hydrogen) atoms. The minimum absolute atomic E-state index is 0.115. The van der Waals surface area contributed by atoms with E-state index in [4.69, 9.17) is 4.74 Å². The molecular formula is C23H36N2O2. The first kappa shape index (κ1) is 20.2. The fourth-order valence-corrected chi connectivity index (χ4v) is 4.48. The molecule has 0 aromatic heterocycles. The van der Waals surface area contributed by atoms with E-state index in [9.17, 15) is 4.79 Å². The lowest BCUT2D eigenvalue weighted by Crippen LogP contribution is -2.38. The highest BCUT2D eigenvalue weighted by Gasteiger charge is 2.41. The molecule has 2 fully saturated rings. The molecule has 4 nitrogen and oxygen atoms in total. The van der Waals surface area contributed by atoms with Gasteiger partial charge in [0.1, 0.15) is 6.10 Å². The predicted octanol–water partition coefficient (Wildman–Crippen LogP) is 5.39. The Hall–Kier alpha value is -1.55. The predicted molar refractivity (Wildman–Crippen MR) is 110 cm³/mol. The van der Waals surface area contributed by atoms with Crippen LogP contribution in [-0.4, -0.2) is 48.1 Å². The van der Waals surface area contributed by atoms with Crippen molar-refractivity contribution in [3.63, 3.8) is 0 Å². The van der Waals surface area contributed by atoms with Crippen LogP contribution >= 0.6 is 0 Å². The monoisotopic (exact) mass is 372 g/mol. The summed E-state index contributed by atoms with van der Waals surface area (Å²) in [7, 11) is 0. The molecule has 1 amide bonds. The van der Waals surface area contributed by atoms with Gasteiger partial charge in [0.25, 0.3) is 0 Å². The summed E-state index contributed by atoms with van der Waals surface area (Å²) in [5.74, 6) is 0. The number of amides is 1. The van der Waals surface area contributed by atoms with Crippen LogP contribution in [0.3, 0.4) is 0 Å². The molecule has 2 heterocycles. The van der Waals surface area contributed by atoms with Gasteiger partial charge in [0.2, 0.25) is 0 Å². The lowest BCUT2D eigenvalue weighted by atomic mass is 9.96. The number of carbonyl (C=O) groups excluding carboxylic acids is 1. The summed E-state index contributed by atoms with van der Waals surface area (Å²) in [4.78, 5) is 17.2. The van der Waals surface area contributed by atoms with Gasteiger partial charge in [-0.1, -0.05) is 69.4 Å². The van der Waals surface area contributed by atoms with E-state index in [1.807, 2.05) is 23.1 Å². The number of cyclic esters (lactones) is 1. The van der Waals surface area contributed by atoms with E-state index in [2.05, 4.69) is 24.0 Å². The first-order chi connectivity index (χ1) is 13.3. The molecular weight excluding hydrogens is 336 g/mol. The largest absolute Gasteiger partial charge is 0.439 e. The molecule has 4 heteroatoms. The number of rotatable bonds is 10. The molecule has 150 valence electrons. The molecule has 1 aromatic carbocycles. The smallest absolute Gasteiger partial charge is 0.410 e. The fraction of sp³-hybridized carbons (Fsp3) is 0.696. The molecule has 0 bridgehead atoms. The zero-order valence-electron chi connectivity index (χ0n) is 16.9. The van der Waals surface area contributed by atoms with Crippen LogP contribution in [-0.2, 0) is 4.74 Å². The van der Waals surface area contributed by atoms with Crippen molar-refractivity contribution >= 4 is 6.09 Å². The number of hydrogen-bond donors (Lipinski definition) is 0. The molecule has 0 N–H and O–H groups in total. The topological polar surface area (TPSA) is 32.8 Å². The van der Waals surface area contributed by atoms with Gasteiger partial charge in [0.05, 0.1) is 6.04 Å². The Morgan fingerprint density at radius 2 is 1.74 bits per heavy atom. The Morgan fingerprint density at radius 1 is 0.963 bits per heavy atom. The van der Waals surface area contributed by atoms with Crippen molar-refractivity contribution in [3.8, 4) is 0 Å². The number of ether oxygens (including phenoxy) is 1. The highest BCUT2D eigenvalue weighted by atomic mass is 16.6. The highest BCUT2D eigenvalue weighted by Crippen LogP contribution is 2.35. The van der Waals surface area contributed by atoms with E-state index >= 15 is 0 Å². The summed E-state index contributed by atoms with van der Waals surface area (Å²) in [6.45, 7) is 6.59. The maximum absolute atomic E-state index is 12.6. The summed E-state index contributed by atoms with van der Waals surface area (Å²) < 4.78 is 5.85. The Morgan fingerprint density at radius 3 is 2.48 bits per heavy atom. The molecule has 2 aliphatic heterocycles. The van der Waals surface area contributed by atoms with Gasteiger partial charge >= 0.3 is 6.09 Å². The average Bonchev–Trinajstić information content (AvgIpc) is 3.02. The maximum Gasteiger partial charge on any atom is 0.410 e. The van der Waals surface area contributed by atoms with Crippen LogP contribution in [0.25, 0.3) is 0 Å². The molecule has 2 aliphatic rings. The van der Waals surface area contributed by atoms with Crippen molar-refractivity contribution in [3.05, 3.63) is 35.9 Å². The summed E-state index contributed by atoms with van der Waals surface area (Å²) >= 11 is 0. The van der Waals surface area contributed by atoms with E-state index in [0.29, 0.717) is 0 Å². The van der Waals surface area contributed by atoms with E-state index < -0.39 is 0 Å². The summed E-state index contributed by atoms with van der Waals surface area (Å²) in [6, 6.07) is 10.5. The van der Waals surface area contributed by atoms with Crippen molar-refractivity contribution < 1.29 is 9.53 Å². The summed E-state index contributed by atoms with van der Waals surface area (Å²) in [6.07, 6.45) is 10.8. The van der Waals surface area contributed by atoms with Crippen LogP contribution < -0.4 is 0 Å². The zero-order valence-corrected chi connectivity index (χ0v) is 16.9. The second kappa shape index (κ2) is 10.7. The number of hydrogen-bond acceptors (Lipinski definition) is 3. The van der Waals surface area contributed by atoms with Gasteiger partial charge in [-0.05, 0) is 50.9 Å². The molecule has 0 saturated carbocycles. The van der Waals surface area contributed by atoms with Crippen molar-refractivity contribution in [1.29, 1.82) is 0 Å². The molecule has 0 radical (unpaired) electrons. The standard InChI is InChI=1S/C23H36N2O2/c1-2-3-4-9-15-21-22(20-13-7-5-8-14-20)27-23(26)25(21)19-12-18-24-16-10-6-11-17-24/h5,7-8,13-14,21-22H,2-4,6,9-12,15-19H2,1H3/t21-,22-/m0/s1. The van der Waals surface area contributed by atoms with Gasteiger partial charge in [-0.15, -0.1) is 0 Å². The third-order valence-electron chi connectivity index (χ3n) is 6.02. The Balaban J connectivity index is 1.59. The number of benzene rings is 1. The number of nitrogens with zero attached hydrogens (tertiary/aromatic N) is 2. The molecule has 1 aromatic rings. The van der Waals surface area contributed by atoms with Crippen molar-refractivity contribution in [2.45, 2.75) is 76.9 Å². The van der Waals surface area contributed by atoms with Crippen LogP contribution in [0, 0.1) is 0 Å². The van der Waals surface area contributed by atoms with Gasteiger partial charge in [0.15, 0.2) is 0 Å².